The van der Waals surface area contributed by atoms with Crippen LogP contribution in [0.5, 0.6) is 5.75 Å². The predicted octanol–water partition coefficient (Wildman–Crippen LogP) is 5.65. The van der Waals surface area contributed by atoms with Crippen molar-refractivity contribution in [1.82, 2.24) is 0 Å². The molecule has 0 bridgehead atoms. The Bertz CT molecular complexity index is 1520. The summed E-state index contributed by atoms with van der Waals surface area (Å²) in [4.78, 5) is 27.4. The highest BCUT2D eigenvalue weighted by atomic mass is 16.3. The fourth-order valence-electron chi connectivity index (χ4n) is 4.43. The zero-order valence-corrected chi connectivity index (χ0v) is 15.8. The first-order chi connectivity index (χ1) is 14.6. The maximum absolute atomic E-state index is 13.1. The number of carbonyl (C=O) groups excluding carboxylic acids is 2. The van der Waals surface area contributed by atoms with Gasteiger partial charge in [0.15, 0.2) is 0 Å². The first-order valence-corrected chi connectivity index (χ1v) is 9.68. The van der Waals surface area contributed by atoms with Gasteiger partial charge in [-0.3, -0.25) is 9.59 Å². The zero-order valence-electron chi connectivity index (χ0n) is 15.8. The molecule has 142 valence electrons. The Hall–Kier alpha value is -4.18. The minimum Gasteiger partial charge on any atom is -0.506 e. The number of hydrogen-bond donors (Lipinski definition) is 1. The van der Waals surface area contributed by atoms with Gasteiger partial charge in [0.2, 0.25) is 0 Å². The molecule has 2 amide bonds. The summed E-state index contributed by atoms with van der Waals surface area (Å²) in [6.07, 6.45) is 0. The molecule has 30 heavy (non-hydrogen) atoms. The third-order valence-corrected chi connectivity index (χ3v) is 5.84. The van der Waals surface area contributed by atoms with Crippen LogP contribution in [-0.4, -0.2) is 16.9 Å². The highest BCUT2D eigenvalue weighted by Crippen LogP contribution is 2.43. The van der Waals surface area contributed by atoms with E-state index in [-0.39, 0.29) is 11.4 Å². The van der Waals surface area contributed by atoms with Crippen LogP contribution in [0.25, 0.3) is 32.3 Å². The molecular formula is C26H15NO3. The maximum Gasteiger partial charge on any atom is 0.266 e. The molecule has 4 nitrogen and oxygen atoms in total. The summed E-state index contributed by atoms with van der Waals surface area (Å²) in [7, 11) is 0. The molecular weight excluding hydrogens is 374 g/mol. The fourth-order valence-corrected chi connectivity index (χ4v) is 4.43. The number of phenolic OH excluding ortho intramolecular Hbond substituents is 1. The molecule has 0 saturated carbocycles. The highest BCUT2D eigenvalue weighted by Gasteiger charge is 2.38. The number of phenols is 1. The highest BCUT2D eigenvalue weighted by molar-refractivity contribution is 6.37. The lowest BCUT2D eigenvalue weighted by molar-refractivity contribution is 0.0925. The quantitative estimate of drug-likeness (QED) is 0.229. The van der Waals surface area contributed by atoms with Crippen molar-refractivity contribution >= 4 is 49.8 Å². The van der Waals surface area contributed by atoms with Crippen LogP contribution >= 0.6 is 0 Å². The minimum absolute atomic E-state index is 0.0994. The SMILES string of the molecule is O=C1c2ccccc2C(=O)N1c1c(O)ccc2ccc3cc4ccccc4cc3c12. The average Bonchev–Trinajstić information content (AvgIpc) is 3.03. The topological polar surface area (TPSA) is 57.6 Å². The van der Waals surface area contributed by atoms with Crippen molar-refractivity contribution in [1.29, 1.82) is 0 Å². The van der Waals surface area contributed by atoms with Crippen molar-refractivity contribution in [3.8, 4) is 5.75 Å². The van der Waals surface area contributed by atoms with Gasteiger partial charge in [-0.15, -0.1) is 0 Å². The molecule has 4 heteroatoms. The third kappa shape index (κ3) is 2.16. The van der Waals surface area contributed by atoms with E-state index >= 15 is 0 Å². The second-order valence-electron chi connectivity index (χ2n) is 7.51. The minimum atomic E-state index is -0.420. The van der Waals surface area contributed by atoms with Crippen molar-refractivity contribution in [3.63, 3.8) is 0 Å². The second kappa shape index (κ2) is 5.91. The van der Waals surface area contributed by atoms with E-state index in [1.807, 2.05) is 42.5 Å². The van der Waals surface area contributed by atoms with E-state index in [4.69, 9.17) is 0 Å². The van der Waals surface area contributed by atoms with Crippen LogP contribution in [0.3, 0.4) is 0 Å². The molecule has 6 rings (SSSR count). The van der Waals surface area contributed by atoms with E-state index in [1.54, 1.807) is 30.3 Å². The van der Waals surface area contributed by atoms with E-state index in [2.05, 4.69) is 6.07 Å². The number of imide groups is 1. The van der Waals surface area contributed by atoms with Crippen molar-refractivity contribution < 1.29 is 14.7 Å². The number of rotatable bonds is 1. The molecule has 0 saturated heterocycles. The Morgan fingerprint density at radius 1 is 0.600 bits per heavy atom. The maximum atomic E-state index is 13.1. The van der Waals surface area contributed by atoms with Crippen LogP contribution < -0.4 is 4.90 Å². The van der Waals surface area contributed by atoms with Crippen molar-refractivity contribution in [2.24, 2.45) is 0 Å². The molecule has 0 radical (unpaired) electrons. The molecule has 5 aromatic rings. The van der Waals surface area contributed by atoms with E-state index in [0.717, 1.165) is 31.8 Å². The van der Waals surface area contributed by atoms with Gasteiger partial charge in [-0.2, -0.15) is 0 Å². The van der Waals surface area contributed by atoms with Gasteiger partial charge in [0.1, 0.15) is 11.4 Å². The standard InChI is InChI=1S/C26H15NO3/c28-22-12-11-15-9-10-18-13-16-5-1-2-6-17(16)14-21(18)23(15)24(22)27-25(29)19-7-3-4-8-20(19)26(27)30/h1-14,28H. The number of carbonyl (C=O) groups is 2. The molecule has 0 spiro atoms. The fraction of sp³-hybridized carbons (Fsp3) is 0. The van der Waals surface area contributed by atoms with Crippen molar-refractivity contribution in [3.05, 3.63) is 96.1 Å². The smallest absolute Gasteiger partial charge is 0.266 e. The third-order valence-electron chi connectivity index (χ3n) is 5.84. The summed E-state index contributed by atoms with van der Waals surface area (Å²) < 4.78 is 0. The van der Waals surface area contributed by atoms with E-state index in [0.29, 0.717) is 16.5 Å². The summed E-state index contributed by atoms with van der Waals surface area (Å²) in [6.45, 7) is 0. The average molecular weight is 389 g/mol. The van der Waals surface area contributed by atoms with Crippen LogP contribution in [0.1, 0.15) is 20.7 Å². The molecule has 0 aliphatic carbocycles. The van der Waals surface area contributed by atoms with Gasteiger partial charge in [-0.05, 0) is 57.3 Å². The molecule has 5 aromatic carbocycles. The van der Waals surface area contributed by atoms with Gasteiger partial charge in [-0.25, -0.2) is 4.90 Å². The number of hydrogen-bond acceptors (Lipinski definition) is 3. The van der Waals surface area contributed by atoms with Gasteiger partial charge in [0.25, 0.3) is 11.8 Å². The molecule has 1 N–H and O–H groups in total. The van der Waals surface area contributed by atoms with Crippen molar-refractivity contribution in [2.45, 2.75) is 0 Å². The Morgan fingerprint density at radius 2 is 1.17 bits per heavy atom. The van der Waals surface area contributed by atoms with Crippen LogP contribution in [0.2, 0.25) is 0 Å². The van der Waals surface area contributed by atoms with Gasteiger partial charge < -0.3 is 5.11 Å². The van der Waals surface area contributed by atoms with Crippen LogP contribution in [-0.2, 0) is 0 Å². The Kier molecular flexibility index (Phi) is 3.30. The number of amides is 2. The first kappa shape index (κ1) is 16.7. The summed E-state index contributed by atoms with van der Waals surface area (Å²) in [5, 5.41) is 16.4. The largest absolute Gasteiger partial charge is 0.506 e. The predicted molar refractivity (Wildman–Crippen MR) is 118 cm³/mol. The number of aromatic hydroxyl groups is 1. The second-order valence-corrected chi connectivity index (χ2v) is 7.51. The van der Waals surface area contributed by atoms with E-state index < -0.39 is 11.8 Å². The van der Waals surface area contributed by atoms with Crippen LogP contribution in [0.15, 0.2) is 84.9 Å². The Morgan fingerprint density at radius 3 is 1.87 bits per heavy atom. The van der Waals surface area contributed by atoms with Gasteiger partial charge >= 0.3 is 0 Å². The normalized spacial score (nSPS) is 13.5. The summed E-state index contributed by atoms with van der Waals surface area (Å²) >= 11 is 0. The van der Waals surface area contributed by atoms with Gasteiger partial charge in [0, 0.05) is 5.39 Å². The first-order valence-electron chi connectivity index (χ1n) is 9.68. The lowest BCUT2D eigenvalue weighted by Crippen LogP contribution is -2.29. The Labute approximate surface area is 171 Å². The van der Waals surface area contributed by atoms with E-state index in [9.17, 15) is 14.7 Å². The molecule has 1 aliphatic rings. The summed E-state index contributed by atoms with van der Waals surface area (Å²) in [6, 6.07) is 26.2. The summed E-state index contributed by atoms with van der Waals surface area (Å²) in [5.41, 5.74) is 0.939. The molecule has 0 unspecified atom stereocenters. The molecule has 1 heterocycles. The molecule has 0 atom stereocenters. The number of nitrogens with zero attached hydrogens (tertiary/aromatic N) is 1. The number of fused-ring (bicyclic) bond motifs is 5. The van der Waals surface area contributed by atoms with Gasteiger partial charge in [-0.1, -0.05) is 54.6 Å². The number of anilines is 1. The molecule has 0 fully saturated rings. The van der Waals surface area contributed by atoms with Crippen LogP contribution in [0, 0.1) is 0 Å². The lowest BCUT2D eigenvalue weighted by atomic mass is 9.96. The molecule has 1 aliphatic heterocycles. The van der Waals surface area contributed by atoms with Gasteiger partial charge in [0.05, 0.1) is 11.1 Å². The monoisotopic (exact) mass is 389 g/mol. The van der Waals surface area contributed by atoms with Crippen LogP contribution in [0.4, 0.5) is 5.69 Å². The zero-order chi connectivity index (χ0) is 20.4. The summed E-state index contributed by atoms with van der Waals surface area (Å²) in [5.74, 6) is -0.940. The lowest BCUT2D eigenvalue weighted by Gasteiger charge is -2.19. The van der Waals surface area contributed by atoms with Crippen molar-refractivity contribution in [2.75, 3.05) is 4.90 Å². The molecule has 0 aromatic heterocycles. The Balaban J connectivity index is 1.73. The van der Waals surface area contributed by atoms with E-state index in [1.165, 1.54) is 6.07 Å². The number of benzene rings is 5.